The van der Waals surface area contributed by atoms with Crippen LogP contribution in [0.15, 0.2) is 18.2 Å². The van der Waals surface area contributed by atoms with E-state index in [9.17, 15) is 9.90 Å². The standard InChI is InChI=1S/C14H21NO3/c1-9-6-7-12(10(2)16)13(8-9)18-11(3)14(17)15(4)5/h6-8,10-11,16H,1-5H3/t10-,11?/m1/s1. The van der Waals surface area contributed by atoms with E-state index in [2.05, 4.69) is 0 Å². The number of ether oxygens (including phenoxy) is 1. The normalized spacial score (nSPS) is 13.9. The van der Waals surface area contributed by atoms with Gasteiger partial charge in [0.2, 0.25) is 0 Å². The van der Waals surface area contributed by atoms with Gasteiger partial charge in [0, 0.05) is 19.7 Å². The number of likely N-dealkylation sites (N-methyl/N-ethyl adjacent to an activating group) is 1. The maximum absolute atomic E-state index is 11.8. The number of carbonyl (C=O) groups excluding carboxylic acids is 1. The number of aliphatic hydroxyl groups excluding tert-OH is 1. The predicted molar refractivity (Wildman–Crippen MR) is 70.6 cm³/mol. The molecule has 4 heteroatoms. The first-order chi connectivity index (χ1) is 8.32. The first-order valence-electron chi connectivity index (χ1n) is 5.99. The van der Waals surface area contributed by atoms with Crippen molar-refractivity contribution in [2.24, 2.45) is 0 Å². The molecule has 1 rings (SSSR count). The number of hydrogen-bond acceptors (Lipinski definition) is 3. The van der Waals surface area contributed by atoms with Gasteiger partial charge in [0.25, 0.3) is 5.91 Å². The number of hydrogen-bond donors (Lipinski definition) is 1. The second-order valence-electron chi connectivity index (χ2n) is 4.71. The summed E-state index contributed by atoms with van der Waals surface area (Å²) in [6.07, 6.45) is -1.19. The van der Waals surface area contributed by atoms with Crippen LogP contribution in [-0.4, -0.2) is 36.1 Å². The van der Waals surface area contributed by atoms with Gasteiger partial charge < -0.3 is 14.7 Å². The molecule has 1 aromatic carbocycles. The number of carbonyl (C=O) groups is 1. The molecule has 4 nitrogen and oxygen atoms in total. The third-order valence-electron chi connectivity index (χ3n) is 2.71. The minimum Gasteiger partial charge on any atom is -0.480 e. The van der Waals surface area contributed by atoms with Crippen LogP contribution in [0.4, 0.5) is 0 Å². The zero-order valence-electron chi connectivity index (χ0n) is 11.6. The molecule has 0 bridgehead atoms. The van der Waals surface area contributed by atoms with E-state index in [1.54, 1.807) is 27.9 Å². The van der Waals surface area contributed by atoms with E-state index in [0.717, 1.165) is 5.56 Å². The lowest BCUT2D eigenvalue weighted by Gasteiger charge is -2.21. The molecular weight excluding hydrogens is 230 g/mol. The van der Waals surface area contributed by atoms with Gasteiger partial charge in [-0.2, -0.15) is 0 Å². The minimum absolute atomic E-state index is 0.104. The molecule has 0 radical (unpaired) electrons. The summed E-state index contributed by atoms with van der Waals surface area (Å²) >= 11 is 0. The fourth-order valence-corrected chi connectivity index (χ4v) is 1.69. The summed E-state index contributed by atoms with van der Waals surface area (Å²) in [6.45, 7) is 5.32. The summed E-state index contributed by atoms with van der Waals surface area (Å²) in [7, 11) is 3.38. The highest BCUT2D eigenvalue weighted by Crippen LogP contribution is 2.27. The Morgan fingerprint density at radius 3 is 2.44 bits per heavy atom. The SMILES string of the molecule is Cc1ccc([C@@H](C)O)c(OC(C)C(=O)N(C)C)c1. The Balaban J connectivity index is 2.96. The number of aliphatic hydroxyl groups is 1. The van der Waals surface area contributed by atoms with E-state index in [1.165, 1.54) is 4.90 Å². The maximum atomic E-state index is 11.8. The number of aryl methyl sites for hydroxylation is 1. The Kier molecular flexibility index (Phi) is 4.73. The smallest absolute Gasteiger partial charge is 0.262 e. The van der Waals surface area contributed by atoms with Crippen LogP contribution in [0.25, 0.3) is 0 Å². The molecule has 1 aromatic rings. The van der Waals surface area contributed by atoms with Crippen LogP contribution in [0.2, 0.25) is 0 Å². The van der Waals surface area contributed by atoms with E-state index in [0.29, 0.717) is 11.3 Å². The third kappa shape index (κ3) is 3.47. The summed E-state index contributed by atoms with van der Waals surface area (Å²) in [5.74, 6) is 0.459. The lowest BCUT2D eigenvalue weighted by atomic mass is 10.1. The summed E-state index contributed by atoms with van der Waals surface area (Å²) < 4.78 is 5.66. The van der Waals surface area contributed by atoms with Crippen molar-refractivity contribution >= 4 is 5.91 Å². The summed E-state index contributed by atoms with van der Waals surface area (Å²) in [6, 6.07) is 5.57. The van der Waals surface area contributed by atoms with Gasteiger partial charge in [0.15, 0.2) is 6.10 Å². The van der Waals surface area contributed by atoms with Crippen molar-refractivity contribution in [1.29, 1.82) is 0 Å². The molecule has 0 aliphatic heterocycles. The first-order valence-corrected chi connectivity index (χ1v) is 5.99. The maximum Gasteiger partial charge on any atom is 0.262 e. The van der Waals surface area contributed by atoms with E-state index in [1.807, 2.05) is 25.1 Å². The van der Waals surface area contributed by atoms with Gasteiger partial charge in [-0.3, -0.25) is 4.79 Å². The van der Waals surface area contributed by atoms with E-state index < -0.39 is 12.2 Å². The molecule has 2 atom stereocenters. The summed E-state index contributed by atoms with van der Waals surface area (Å²) in [5, 5.41) is 9.68. The molecule has 1 unspecified atom stereocenters. The molecule has 100 valence electrons. The Bertz CT molecular complexity index is 427. The number of rotatable bonds is 4. The van der Waals surface area contributed by atoms with Crippen LogP contribution in [0.3, 0.4) is 0 Å². The molecule has 0 heterocycles. The van der Waals surface area contributed by atoms with Gasteiger partial charge in [-0.25, -0.2) is 0 Å². The second kappa shape index (κ2) is 5.87. The molecule has 0 aliphatic rings. The predicted octanol–water partition coefficient (Wildman–Crippen LogP) is 1.90. The molecule has 1 amide bonds. The summed E-state index contributed by atoms with van der Waals surface area (Å²) in [4.78, 5) is 13.2. The minimum atomic E-state index is -0.623. The molecule has 0 saturated heterocycles. The van der Waals surface area contributed by atoms with E-state index in [-0.39, 0.29) is 5.91 Å². The van der Waals surface area contributed by atoms with Crippen molar-refractivity contribution < 1.29 is 14.6 Å². The lowest BCUT2D eigenvalue weighted by Crippen LogP contribution is -2.35. The first kappa shape index (κ1) is 14.5. The average Bonchev–Trinajstić information content (AvgIpc) is 2.27. The van der Waals surface area contributed by atoms with Crippen molar-refractivity contribution in [2.45, 2.75) is 33.0 Å². The Morgan fingerprint density at radius 1 is 1.33 bits per heavy atom. The number of amides is 1. The van der Waals surface area contributed by atoms with Crippen LogP contribution < -0.4 is 4.74 Å². The quantitative estimate of drug-likeness (QED) is 0.889. The highest BCUT2D eigenvalue weighted by atomic mass is 16.5. The van der Waals surface area contributed by atoms with E-state index >= 15 is 0 Å². The average molecular weight is 251 g/mol. The lowest BCUT2D eigenvalue weighted by molar-refractivity contribution is -0.135. The van der Waals surface area contributed by atoms with Crippen molar-refractivity contribution in [1.82, 2.24) is 4.90 Å². The fourth-order valence-electron chi connectivity index (χ4n) is 1.69. The molecular formula is C14H21NO3. The van der Waals surface area contributed by atoms with Crippen molar-refractivity contribution in [2.75, 3.05) is 14.1 Å². The molecule has 0 aliphatic carbocycles. The van der Waals surface area contributed by atoms with Crippen LogP contribution in [0.5, 0.6) is 5.75 Å². The Hall–Kier alpha value is -1.55. The third-order valence-corrected chi connectivity index (χ3v) is 2.71. The zero-order valence-corrected chi connectivity index (χ0v) is 11.6. The molecule has 0 fully saturated rings. The van der Waals surface area contributed by atoms with Gasteiger partial charge in [-0.1, -0.05) is 12.1 Å². The fraction of sp³-hybridized carbons (Fsp3) is 0.500. The zero-order chi connectivity index (χ0) is 13.9. The highest BCUT2D eigenvalue weighted by molar-refractivity contribution is 5.80. The van der Waals surface area contributed by atoms with Gasteiger partial charge in [0.1, 0.15) is 5.75 Å². The van der Waals surface area contributed by atoms with Crippen molar-refractivity contribution in [3.63, 3.8) is 0 Å². The Labute approximate surface area is 108 Å². The highest BCUT2D eigenvalue weighted by Gasteiger charge is 2.19. The van der Waals surface area contributed by atoms with Gasteiger partial charge >= 0.3 is 0 Å². The van der Waals surface area contributed by atoms with Gasteiger partial charge in [-0.05, 0) is 32.4 Å². The van der Waals surface area contributed by atoms with Crippen LogP contribution in [0.1, 0.15) is 31.1 Å². The number of benzene rings is 1. The van der Waals surface area contributed by atoms with Gasteiger partial charge in [-0.15, -0.1) is 0 Å². The summed E-state index contributed by atoms with van der Waals surface area (Å²) in [5.41, 5.74) is 1.72. The second-order valence-corrected chi connectivity index (χ2v) is 4.71. The van der Waals surface area contributed by atoms with Crippen molar-refractivity contribution in [3.8, 4) is 5.75 Å². The molecule has 0 aromatic heterocycles. The Morgan fingerprint density at radius 2 is 1.94 bits per heavy atom. The molecule has 0 saturated carbocycles. The largest absolute Gasteiger partial charge is 0.480 e. The van der Waals surface area contributed by atoms with Crippen molar-refractivity contribution in [3.05, 3.63) is 29.3 Å². The van der Waals surface area contributed by atoms with Crippen LogP contribution in [0, 0.1) is 6.92 Å². The number of nitrogens with zero attached hydrogens (tertiary/aromatic N) is 1. The molecule has 18 heavy (non-hydrogen) atoms. The van der Waals surface area contributed by atoms with E-state index in [4.69, 9.17) is 4.74 Å². The molecule has 0 spiro atoms. The van der Waals surface area contributed by atoms with Crippen LogP contribution in [-0.2, 0) is 4.79 Å². The monoisotopic (exact) mass is 251 g/mol. The van der Waals surface area contributed by atoms with Crippen LogP contribution >= 0.6 is 0 Å². The topological polar surface area (TPSA) is 49.8 Å². The molecule has 1 N–H and O–H groups in total. The van der Waals surface area contributed by atoms with Gasteiger partial charge in [0.05, 0.1) is 6.10 Å².